The Morgan fingerprint density at radius 2 is 1.10 bits per heavy atom. The van der Waals surface area contributed by atoms with Gasteiger partial charge in [0.05, 0.1) is 85.8 Å². The number of rotatable bonds is 47. The van der Waals surface area contributed by atoms with Gasteiger partial charge in [0.15, 0.2) is 5.96 Å². The van der Waals surface area contributed by atoms with Crippen LogP contribution in [0.5, 0.6) is 5.75 Å². The van der Waals surface area contributed by atoms with Gasteiger partial charge in [0.2, 0.25) is 59.1 Å². The first-order valence-corrected chi connectivity index (χ1v) is 39.7. The monoisotopic (exact) mass is 1560 g/mol. The molecule has 32 nitrogen and oxygen atoms in total. The number of carbonyl (C=O) groups excluding carboxylic acids is 10. The Hall–Kier alpha value is -7.58. The second-order valence-corrected chi connectivity index (χ2v) is 28.9. The van der Waals surface area contributed by atoms with E-state index in [1.807, 2.05) is 70.2 Å². The number of thiol groups is 1. The number of unbranched alkanes of at least 4 members (excludes halogenated alkanes) is 2. The minimum atomic E-state index is -1.35. The lowest BCUT2D eigenvalue weighted by Crippen LogP contribution is -2.59. The number of guanidine groups is 1. The Morgan fingerprint density at radius 3 is 1.69 bits per heavy atom. The summed E-state index contributed by atoms with van der Waals surface area (Å²) in [6.07, 6.45) is 2.66. The molecule has 1 aliphatic heterocycles. The standard InChI is InChI=1S/C72H115N15O17S3/c1-48(2)76-25-9-7-14-55(66(93)78-28-30-100-32-34-102-36-38-104-40-39-103-37-35-101-33-31-99-29-23-62(89)82-60(46-105)65(73)92)84-71(98)61-47-107-106-41-24-63(90)81-59(43-50-18-21-54(88)22-19-50)70(97)86-56(15-8-10-26-77-49(3)4)68(95)85-57(16-11-27-79-72(74)75)69(96)87-58(67(94)80-45-64(91)83-61)44-51-17-20-52-12-5-6-13-53(52)42-51/h5-6,12-13,17-22,42,48-49,55-61,76-77,88,105H,7-11,14-16,23-41,43-47H2,1-4H3,(H2,73,92)(H,78,93)(H,80,94)(H,81,90)(H,82,89)(H,83,91)(H,84,98)(H,85,95)(H,86,97)(H,87,96)(H4,74,75,79)/t55?,56?,57-,58?,59?,60?,61?/m1/s1. The highest BCUT2D eigenvalue weighted by atomic mass is 33.1. The number of nitrogens with two attached hydrogens (primary N) is 3. The summed E-state index contributed by atoms with van der Waals surface area (Å²) in [4.78, 5) is 142. The first kappa shape index (κ1) is 91.8. The van der Waals surface area contributed by atoms with Crippen molar-refractivity contribution in [3.63, 3.8) is 0 Å². The second-order valence-electron chi connectivity index (χ2n) is 25.9. The third kappa shape index (κ3) is 41.5. The third-order valence-electron chi connectivity index (χ3n) is 16.2. The lowest BCUT2D eigenvalue weighted by molar-refractivity contribution is -0.135. The molecule has 1 saturated heterocycles. The van der Waals surface area contributed by atoms with E-state index in [1.165, 1.54) is 33.7 Å². The van der Waals surface area contributed by atoms with Crippen molar-refractivity contribution in [2.75, 3.05) is 129 Å². The highest BCUT2D eigenvalue weighted by molar-refractivity contribution is 8.76. The average molecular weight is 1560 g/mol. The second kappa shape index (κ2) is 54.9. The summed E-state index contributed by atoms with van der Waals surface area (Å²) >= 11 is 3.99. The molecule has 3 aromatic rings. The van der Waals surface area contributed by atoms with Crippen molar-refractivity contribution >= 4 is 110 Å². The molecular weight excluding hydrogens is 1440 g/mol. The molecule has 0 spiro atoms. The highest BCUT2D eigenvalue weighted by Gasteiger charge is 2.33. The first-order chi connectivity index (χ1) is 51.5. The normalized spacial score (nSPS) is 18.1. The zero-order valence-electron chi connectivity index (χ0n) is 62.1. The number of primary amides is 1. The van der Waals surface area contributed by atoms with E-state index in [2.05, 4.69) is 76.1 Å². The van der Waals surface area contributed by atoms with Crippen LogP contribution in [0.15, 0.2) is 71.7 Å². The van der Waals surface area contributed by atoms with Crippen LogP contribution in [0.1, 0.15) is 103 Å². The zero-order chi connectivity index (χ0) is 78.0. The van der Waals surface area contributed by atoms with Crippen molar-refractivity contribution in [3.05, 3.63) is 77.9 Å². The van der Waals surface area contributed by atoms with Gasteiger partial charge in [-0.3, -0.25) is 52.9 Å². The minimum Gasteiger partial charge on any atom is -0.508 e. The molecule has 35 heteroatoms. The maximum atomic E-state index is 14.8. The van der Waals surface area contributed by atoms with Crippen molar-refractivity contribution in [3.8, 4) is 5.75 Å². The Morgan fingerprint density at radius 1 is 0.570 bits per heavy atom. The van der Waals surface area contributed by atoms with E-state index in [1.54, 1.807) is 12.1 Å². The van der Waals surface area contributed by atoms with E-state index in [4.69, 9.17) is 45.6 Å². The Balaban J connectivity index is 1.46. The molecule has 1 fully saturated rings. The molecule has 7 atom stereocenters. The molecule has 6 unspecified atom stereocenters. The quantitative estimate of drug-likeness (QED) is 0.0117. The molecule has 0 saturated carbocycles. The number of aliphatic imine (C=N–C) groups is 1. The van der Waals surface area contributed by atoms with Gasteiger partial charge in [0.1, 0.15) is 48.0 Å². The van der Waals surface area contributed by atoms with E-state index in [-0.39, 0.29) is 144 Å². The van der Waals surface area contributed by atoms with Crippen LogP contribution in [0.3, 0.4) is 0 Å². The number of nitrogens with zero attached hydrogens (tertiary/aromatic N) is 1. The number of benzene rings is 3. The van der Waals surface area contributed by atoms with Crippen LogP contribution in [0, 0.1) is 0 Å². The number of ether oxygens (including phenoxy) is 6. The van der Waals surface area contributed by atoms with Gasteiger partial charge < -0.3 is 109 Å². The van der Waals surface area contributed by atoms with E-state index < -0.39 is 102 Å². The van der Waals surface area contributed by atoms with E-state index in [0.29, 0.717) is 96.1 Å². The molecule has 0 radical (unpaired) electrons. The van der Waals surface area contributed by atoms with Gasteiger partial charge in [-0.1, -0.05) is 104 Å². The maximum Gasteiger partial charge on any atom is 0.244 e. The number of nitrogens with one attached hydrogen (secondary N) is 11. The summed E-state index contributed by atoms with van der Waals surface area (Å²) in [7, 11) is 2.38. The number of hydrogen-bond donors (Lipinski definition) is 16. The number of phenolic OH excluding ortho intramolecular Hbond substituents is 1. The van der Waals surface area contributed by atoms with Crippen LogP contribution in [0.25, 0.3) is 10.8 Å². The topological polar surface area (TPSA) is 469 Å². The smallest absolute Gasteiger partial charge is 0.244 e. The van der Waals surface area contributed by atoms with E-state index in [0.717, 1.165) is 10.8 Å². The maximum absolute atomic E-state index is 14.8. The SMILES string of the molecule is CC(C)NCCCCC(NC(=O)C1CSSCCC(=O)NC(Cc2ccc(O)cc2)C(=O)NC(CCCCNC(C)C)C(=O)N[C@H](CCCN=C(N)N)C(=O)NC(Cc2ccc3ccccc3c2)C(=O)NCC(=O)N1)C(=O)NCCOCCOCCOCCOCCOCCOCCC(=O)NC(CS)C(N)=O. The van der Waals surface area contributed by atoms with Crippen molar-refractivity contribution in [1.29, 1.82) is 0 Å². The van der Waals surface area contributed by atoms with Crippen LogP contribution >= 0.6 is 34.2 Å². The Bertz CT molecular complexity index is 3200. The average Bonchev–Trinajstić information content (AvgIpc) is 0.945. The molecule has 0 aliphatic carbocycles. The minimum absolute atomic E-state index is 0.0163. The Kier molecular flexibility index (Phi) is 47.1. The molecule has 3 aromatic carbocycles. The van der Waals surface area contributed by atoms with E-state index >= 15 is 0 Å². The molecule has 0 aromatic heterocycles. The van der Waals surface area contributed by atoms with Crippen LogP contribution in [-0.4, -0.2) is 254 Å². The lowest BCUT2D eigenvalue weighted by Gasteiger charge is -2.27. The summed E-state index contributed by atoms with van der Waals surface area (Å²) < 4.78 is 33.3. The van der Waals surface area contributed by atoms with Crippen molar-refractivity contribution in [1.82, 2.24) is 58.5 Å². The number of fused-ring (bicyclic) bond motifs is 1. The molecule has 4 rings (SSSR count). The largest absolute Gasteiger partial charge is 0.508 e. The van der Waals surface area contributed by atoms with Crippen molar-refractivity contribution in [2.45, 2.75) is 159 Å². The fourth-order valence-corrected chi connectivity index (χ4v) is 12.9. The third-order valence-corrected chi connectivity index (χ3v) is 19.0. The molecule has 598 valence electrons. The fourth-order valence-electron chi connectivity index (χ4n) is 10.5. The molecular formula is C72H115N15O17S3. The van der Waals surface area contributed by atoms with Crippen LogP contribution in [0.2, 0.25) is 0 Å². The van der Waals surface area contributed by atoms with Gasteiger partial charge in [-0.05, 0) is 98.5 Å². The highest BCUT2D eigenvalue weighted by Crippen LogP contribution is 2.24. The van der Waals surface area contributed by atoms with Gasteiger partial charge in [0.25, 0.3) is 0 Å². The first-order valence-electron chi connectivity index (χ1n) is 36.5. The van der Waals surface area contributed by atoms with Crippen molar-refractivity contribution < 1.29 is 81.5 Å². The fraction of sp³-hybridized carbons (Fsp3) is 0.625. The number of hydrogen-bond acceptors (Lipinski definition) is 23. The van der Waals surface area contributed by atoms with Gasteiger partial charge in [-0.2, -0.15) is 12.6 Å². The van der Waals surface area contributed by atoms with Crippen molar-refractivity contribution in [2.24, 2.45) is 22.2 Å². The lowest BCUT2D eigenvalue weighted by atomic mass is 10.00. The molecule has 0 bridgehead atoms. The zero-order valence-corrected chi connectivity index (χ0v) is 64.6. The number of phenols is 1. The van der Waals surface area contributed by atoms with Crippen LogP contribution in [-0.2, 0) is 89.2 Å². The predicted octanol–water partition coefficient (Wildman–Crippen LogP) is 0.0367. The molecule has 107 heavy (non-hydrogen) atoms. The molecule has 18 N–H and O–H groups in total. The Labute approximate surface area is 640 Å². The summed E-state index contributed by atoms with van der Waals surface area (Å²) in [5.74, 6) is -6.49. The molecule has 10 amide bonds. The number of carbonyl (C=O) groups is 10. The van der Waals surface area contributed by atoms with Gasteiger partial charge >= 0.3 is 0 Å². The predicted molar refractivity (Wildman–Crippen MR) is 415 cm³/mol. The van der Waals surface area contributed by atoms with Gasteiger partial charge in [-0.15, -0.1) is 0 Å². The van der Waals surface area contributed by atoms with Gasteiger partial charge in [0, 0.05) is 68.1 Å². The van der Waals surface area contributed by atoms with Crippen LogP contribution in [0.4, 0.5) is 0 Å². The summed E-state index contributed by atoms with van der Waals surface area (Å²) in [5.41, 5.74) is 17.7. The summed E-state index contributed by atoms with van der Waals surface area (Å²) in [5, 5.41) is 43.5. The number of amides is 10. The summed E-state index contributed by atoms with van der Waals surface area (Å²) in [6.45, 7) is 12.1. The van der Waals surface area contributed by atoms with Crippen LogP contribution < -0.4 is 75.7 Å². The molecule has 1 aliphatic rings. The molecule has 1 heterocycles. The van der Waals surface area contributed by atoms with Gasteiger partial charge in [-0.25, -0.2) is 0 Å². The summed E-state index contributed by atoms with van der Waals surface area (Å²) in [6, 6.07) is 11.3. The van der Waals surface area contributed by atoms with E-state index in [9.17, 15) is 53.1 Å². The number of aromatic hydroxyl groups is 1.